The van der Waals surface area contributed by atoms with Crippen LogP contribution in [0.5, 0.6) is 0 Å². The van der Waals surface area contributed by atoms with Crippen LogP contribution in [-0.2, 0) is 4.84 Å². The van der Waals surface area contributed by atoms with Crippen molar-refractivity contribution < 1.29 is 9.23 Å². The lowest BCUT2D eigenvalue weighted by Gasteiger charge is -2.47. The summed E-state index contributed by atoms with van der Waals surface area (Å²) < 4.78 is 13.8. The highest BCUT2D eigenvalue weighted by Crippen LogP contribution is 2.41. The number of hydrogen-bond donors (Lipinski definition) is 2. The first kappa shape index (κ1) is 16.8. The molecule has 132 valence electrons. The highest BCUT2D eigenvalue weighted by molar-refractivity contribution is 6.30. The van der Waals surface area contributed by atoms with Crippen molar-refractivity contribution in [3.63, 3.8) is 0 Å². The molecule has 2 N–H and O–H groups in total. The third kappa shape index (κ3) is 3.13. The molecule has 6 heteroatoms. The highest BCUT2D eigenvalue weighted by Gasteiger charge is 2.52. The van der Waals surface area contributed by atoms with E-state index in [0.717, 1.165) is 23.3 Å². The Hall–Kier alpha value is -1.66. The molecule has 2 aromatic rings. The summed E-state index contributed by atoms with van der Waals surface area (Å²) in [6.07, 6.45) is 4.46. The van der Waals surface area contributed by atoms with Gasteiger partial charge in [-0.3, -0.25) is 4.84 Å². The maximum atomic E-state index is 13.8. The lowest BCUT2D eigenvalue weighted by atomic mass is 9.80. The zero-order valence-electron chi connectivity index (χ0n) is 14.0. The number of hydrogen-bond acceptors (Lipinski definition) is 4. The van der Waals surface area contributed by atoms with E-state index in [0.29, 0.717) is 16.7 Å². The molecule has 3 aliphatic heterocycles. The molecule has 6 rings (SSSR count). The fraction of sp³-hybridized carbons (Fsp3) is 0.368. The van der Waals surface area contributed by atoms with Gasteiger partial charge in [-0.2, -0.15) is 0 Å². The van der Waals surface area contributed by atoms with Gasteiger partial charge >= 0.3 is 0 Å². The summed E-state index contributed by atoms with van der Waals surface area (Å²) >= 11 is 5.80. The van der Waals surface area contributed by atoms with Crippen molar-refractivity contribution >= 4 is 17.3 Å². The Bertz CT molecular complexity index is 736. The second-order valence-corrected chi connectivity index (χ2v) is 7.04. The van der Waals surface area contributed by atoms with E-state index >= 15 is 0 Å². The zero-order valence-corrected chi connectivity index (χ0v) is 14.8. The van der Waals surface area contributed by atoms with Crippen molar-refractivity contribution in [3.05, 3.63) is 53.3 Å². The molecule has 4 aliphatic rings. The molecule has 0 spiro atoms. The molecule has 25 heavy (non-hydrogen) atoms. The molecule has 4 atom stereocenters. The van der Waals surface area contributed by atoms with Gasteiger partial charge in [-0.05, 0) is 49.1 Å². The number of hydrazine groups is 1. The fourth-order valence-electron chi connectivity index (χ4n) is 3.83. The third-order valence-corrected chi connectivity index (χ3v) is 5.46. The minimum atomic E-state index is -0.242. The van der Waals surface area contributed by atoms with E-state index in [1.807, 2.05) is 18.2 Å². The largest absolute Gasteiger partial charge is 0.388 e. The predicted molar refractivity (Wildman–Crippen MR) is 97.7 cm³/mol. The van der Waals surface area contributed by atoms with Crippen LogP contribution in [0.3, 0.4) is 0 Å². The molecule has 4 nitrogen and oxygen atoms in total. The Morgan fingerprint density at radius 2 is 2.00 bits per heavy atom. The van der Waals surface area contributed by atoms with Crippen LogP contribution >= 0.6 is 11.6 Å². The van der Waals surface area contributed by atoms with Crippen molar-refractivity contribution in [1.29, 1.82) is 0 Å². The molecule has 2 aromatic carbocycles. The third-order valence-electron chi connectivity index (χ3n) is 5.20. The number of rotatable bonds is 2. The standard InChI is InChI=1S/C13H11ClFN.C6H10N2O/c1-16-12-4-2-3-11(15)13(12)9-5-7-10(14)8-6-9;1-2-6-5-3-4(1)8(5)7-9-6/h2-8,16H,1H3;4-7H,1-3H2. The Morgan fingerprint density at radius 1 is 1.20 bits per heavy atom. The first-order chi connectivity index (χ1) is 12.2. The topological polar surface area (TPSA) is 36.5 Å². The summed E-state index contributed by atoms with van der Waals surface area (Å²) in [5.41, 5.74) is 5.10. The summed E-state index contributed by atoms with van der Waals surface area (Å²) in [4.78, 5) is 5.31. The van der Waals surface area contributed by atoms with Crippen LogP contribution in [-0.4, -0.2) is 30.2 Å². The zero-order chi connectivity index (χ0) is 17.4. The van der Waals surface area contributed by atoms with Crippen molar-refractivity contribution in [2.45, 2.75) is 37.5 Å². The van der Waals surface area contributed by atoms with Crippen LogP contribution in [0.2, 0.25) is 5.02 Å². The Morgan fingerprint density at radius 3 is 2.64 bits per heavy atom. The van der Waals surface area contributed by atoms with E-state index in [2.05, 4.69) is 15.9 Å². The maximum Gasteiger partial charge on any atom is 0.133 e. The number of nitrogens with zero attached hydrogens (tertiary/aromatic N) is 1. The molecular weight excluding hydrogens is 341 g/mol. The first-order valence-corrected chi connectivity index (χ1v) is 8.97. The van der Waals surface area contributed by atoms with Crippen molar-refractivity contribution in [2.75, 3.05) is 12.4 Å². The Kier molecular flexibility index (Phi) is 4.65. The van der Waals surface area contributed by atoms with Crippen LogP contribution < -0.4 is 10.9 Å². The van der Waals surface area contributed by atoms with E-state index in [4.69, 9.17) is 16.4 Å². The van der Waals surface area contributed by atoms with E-state index in [9.17, 15) is 4.39 Å². The molecule has 0 amide bonds. The molecular formula is C19H21ClFN3O. The number of benzene rings is 2. The van der Waals surface area contributed by atoms with Gasteiger partial charge in [-0.1, -0.05) is 29.8 Å². The van der Waals surface area contributed by atoms with Crippen LogP contribution in [0.1, 0.15) is 19.3 Å². The second-order valence-electron chi connectivity index (χ2n) is 6.61. The molecule has 4 unspecified atom stereocenters. The molecule has 4 bridgehead atoms. The maximum absolute atomic E-state index is 13.8. The Balaban J connectivity index is 0.000000144. The summed E-state index contributed by atoms with van der Waals surface area (Å²) in [6, 6.07) is 13.6. The summed E-state index contributed by atoms with van der Waals surface area (Å²) in [5.74, 6) is -0.242. The van der Waals surface area contributed by atoms with Crippen LogP contribution in [0.4, 0.5) is 10.1 Å². The van der Waals surface area contributed by atoms with Crippen molar-refractivity contribution in [1.82, 2.24) is 10.6 Å². The van der Waals surface area contributed by atoms with Gasteiger partial charge in [0, 0.05) is 29.4 Å². The van der Waals surface area contributed by atoms with Gasteiger partial charge in [0.05, 0.1) is 12.1 Å². The SMILES string of the molecule is C1CC2CC3C1ONN23.CNc1cccc(F)c1-c1ccc(Cl)cc1. The average Bonchev–Trinajstić information content (AvgIpc) is 2.84. The van der Waals surface area contributed by atoms with Crippen LogP contribution in [0, 0.1) is 5.82 Å². The molecule has 0 aromatic heterocycles. The van der Waals surface area contributed by atoms with Crippen molar-refractivity contribution in [2.24, 2.45) is 0 Å². The lowest BCUT2D eigenvalue weighted by Crippen LogP contribution is -2.61. The summed E-state index contributed by atoms with van der Waals surface area (Å²) in [5, 5.41) is 5.88. The summed E-state index contributed by atoms with van der Waals surface area (Å²) in [7, 11) is 1.77. The molecule has 3 saturated heterocycles. The van der Waals surface area contributed by atoms with Gasteiger partial charge in [0.15, 0.2) is 0 Å². The monoisotopic (exact) mass is 361 g/mol. The molecule has 1 aliphatic carbocycles. The number of fused-ring (bicyclic) bond motifs is 1. The van der Waals surface area contributed by atoms with Gasteiger partial charge in [0.2, 0.25) is 0 Å². The van der Waals surface area contributed by atoms with Gasteiger partial charge in [-0.25, -0.2) is 9.40 Å². The highest BCUT2D eigenvalue weighted by atomic mass is 35.5. The first-order valence-electron chi connectivity index (χ1n) is 8.59. The van der Waals surface area contributed by atoms with E-state index in [-0.39, 0.29) is 5.82 Å². The van der Waals surface area contributed by atoms with Gasteiger partial charge < -0.3 is 5.32 Å². The van der Waals surface area contributed by atoms with Gasteiger partial charge in [0.25, 0.3) is 0 Å². The minimum absolute atomic E-state index is 0.242. The molecule has 1 saturated carbocycles. The molecule has 4 fully saturated rings. The molecule has 0 radical (unpaired) electrons. The number of nitrogens with one attached hydrogen (secondary N) is 2. The number of piperidine rings is 1. The normalized spacial score (nSPS) is 28.6. The van der Waals surface area contributed by atoms with E-state index < -0.39 is 0 Å². The fourth-order valence-corrected chi connectivity index (χ4v) is 3.95. The van der Waals surface area contributed by atoms with Crippen LogP contribution in [0.15, 0.2) is 42.5 Å². The number of halogens is 2. The minimum Gasteiger partial charge on any atom is -0.388 e. The quantitative estimate of drug-likeness (QED) is 0.839. The van der Waals surface area contributed by atoms with Gasteiger partial charge in [-0.15, -0.1) is 5.59 Å². The number of anilines is 1. The van der Waals surface area contributed by atoms with E-state index in [1.165, 1.54) is 25.3 Å². The van der Waals surface area contributed by atoms with Gasteiger partial charge in [0.1, 0.15) is 5.82 Å². The Labute approximate surface area is 151 Å². The predicted octanol–water partition coefficient (Wildman–Crippen LogP) is 4.23. The smallest absolute Gasteiger partial charge is 0.133 e. The second kappa shape index (κ2) is 6.92. The summed E-state index contributed by atoms with van der Waals surface area (Å²) in [6.45, 7) is 0. The van der Waals surface area contributed by atoms with Crippen LogP contribution in [0.25, 0.3) is 11.1 Å². The van der Waals surface area contributed by atoms with E-state index in [1.54, 1.807) is 25.2 Å². The molecule has 3 heterocycles. The lowest BCUT2D eigenvalue weighted by molar-refractivity contribution is -0.0500. The average molecular weight is 362 g/mol. The van der Waals surface area contributed by atoms with Crippen molar-refractivity contribution in [3.8, 4) is 11.1 Å².